The summed E-state index contributed by atoms with van der Waals surface area (Å²) >= 11 is 0. The third kappa shape index (κ3) is 2.80. The van der Waals surface area contributed by atoms with Crippen molar-refractivity contribution in [2.45, 2.75) is 20.4 Å². The Morgan fingerprint density at radius 1 is 1.37 bits per heavy atom. The molecule has 1 amide bonds. The molecule has 0 aliphatic heterocycles. The summed E-state index contributed by atoms with van der Waals surface area (Å²) in [4.78, 5) is 12.0. The van der Waals surface area contributed by atoms with Gasteiger partial charge in [-0.05, 0) is 31.5 Å². The largest absolute Gasteiger partial charge is 0.361 e. The first kappa shape index (κ1) is 12.8. The molecule has 2 aromatic rings. The van der Waals surface area contributed by atoms with Crippen molar-refractivity contribution in [3.63, 3.8) is 0 Å². The van der Waals surface area contributed by atoms with Gasteiger partial charge in [-0.2, -0.15) is 5.26 Å². The number of nitrogens with zero attached hydrogens (tertiary/aromatic N) is 2. The monoisotopic (exact) mass is 255 g/mol. The fourth-order valence-electron chi connectivity index (χ4n) is 1.78. The highest BCUT2D eigenvalue weighted by atomic mass is 16.5. The number of carbonyl (C=O) groups excluding carboxylic acids is 1. The molecule has 96 valence electrons. The summed E-state index contributed by atoms with van der Waals surface area (Å²) in [6.45, 7) is 3.83. The van der Waals surface area contributed by atoms with E-state index in [1.165, 1.54) is 0 Å². The van der Waals surface area contributed by atoms with Crippen LogP contribution in [0.3, 0.4) is 0 Å². The van der Waals surface area contributed by atoms with Gasteiger partial charge >= 0.3 is 0 Å². The van der Waals surface area contributed by atoms with E-state index in [4.69, 9.17) is 9.78 Å². The molecule has 5 nitrogen and oxygen atoms in total. The van der Waals surface area contributed by atoms with Crippen molar-refractivity contribution in [2.75, 3.05) is 0 Å². The third-order valence-electron chi connectivity index (χ3n) is 2.80. The van der Waals surface area contributed by atoms with E-state index in [0.29, 0.717) is 29.1 Å². The van der Waals surface area contributed by atoms with Crippen LogP contribution in [0.25, 0.3) is 0 Å². The molecule has 1 heterocycles. The normalized spacial score (nSPS) is 9.95. The summed E-state index contributed by atoms with van der Waals surface area (Å²) in [6, 6.07) is 9.11. The zero-order chi connectivity index (χ0) is 13.8. The first-order valence-corrected chi connectivity index (χ1v) is 5.82. The Balaban J connectivity index is 2.03. The fourth-order valence-corrected chi connectivity index (χ4v) is 1.78. The van der Waals surface area contributed by atoms with E-state index in [1.807, 2.05) is 18.2 Å². The lowest BCUT2D eigenvalue weighted by atomic mass is 10.1. The van der Waals surface area contributed by atoms with Gasteiger partial charge in [0.15, 0.2) is 0 Å². The van der Waals surface area contributed by atoms with Crippen molar-refractivity contribution >= 4 is 5.91 Å². The number of aromatic nitrogens is 1. The van der Waals surface area contributed by atoms with E-state index in [2.05, 4.69) is 10.5 Å². The van der Waals surface area contributed by atoms with Gasteiger partial charge in [-0.15, -0.1) is 0 Å². The summed E-state index contributed by atoms with van der Waals surface area (Å²) in [6.07, 6.45) is 0. The molecule has 2 rings (SSSR count). The van der Waals surface area contributed by atoms with Crippen LogP contribution in [-0.4, -0.2) is 11.1 Å². The van der Waals surface area contributed by atoms with E-state index in [9.17, 15) is 4.79 Å². The lowest BCUT2D eigenvalue weighted by molar-refractivity contribution is 0.0949. The average molecular weight is 255 g/mol. The molecule has 0 spiro atoms. The molecule has 0 aliphatic carbocycles. The van der Waals surface area contributed by atoms with Crippen LogP contribution in [0, 0.1) is 25.2 Å². The number of aryl methyl sites for hydroxylation is 2. The molecule has 0 saturated carbocycles. The van der Waals surface area contributed by atoms with Crippen LogP contribution >= 0.6 is 0 Å². The topological polar surface area (TPSA) is 78.9 Å². The van der Waals surface area contributed by atoms with Crippen molar-refractivity contribution in [3.05, 3.63) is 52.4 Å². The molecule has 19 heavy (non-hydrogen) atoms. The number of hydrogen-bond acceptors (Lipinski definition) is 4. The standard InChI is InChI=1S/C14H13N3O2/c1-9-13(10(2)19-17-9)14(18)16-8-12-5-3-11(7-15)4-6-12/h3-6H,8H2,1-2H3,(H,16,18). The van der Waals surface area contributed by atoms with Gasteiger partial charge in [-0.1, -0.05) is 17.3 Å². The van der Waals surface area contributed by atoms with E-state index in [-0.39, 0.29) is 5.91 Å². The number of hydrogen-bond donors (Lipinski definition) is 1. The molecule has 0 unspecified atom stereocenters. The minimum atomic E-state index is -0.208. The van der Waals surface area contributed by atoms with E-state index < -0.39 is 0 Å². The first-order chi connectivity index (χ1) is 9.11. The van der Waals surface area contributed by atoms with Crippen LogP contribution in [0.15, 0.2) is 28.8 Å². The summed E-state index contributed by atoms with van der Waals surface area (Å²) in [5, 5.41) is 15.2. The van der Waals surface area contributed by atoms with E-state index >= 15 is 0 Å². The maximum Gasteiger partial charge on any atom is 0.257 e. The number of rotatable bonds is 3. The Hall–Kier alpha value is -2.61. The zero-order valence-electron chi connectivity index (χ0n) is 10.7. The molecule has 0 bridgehead atoms. The maximum absolute atomic E-state index is 12.0. The molecule has 0 saturated heterocycles. The summed E-state index contributed by atoms with van der Waals surface area (Å²) in [7, 11) is 0. The quantitative estimate of drug-likeness (QED) is 0.910. The minimum Gasteiger partial charge on any atom is -0.361 e. The fraction of sp³-hybridized carbons (Fsp3) is 0.214. The predicted molar refractivity (Wildman–Crippen MR) is 68.3 cm³/mol. The lowest BCUT2D eigenvalue weighted by Crippen LogP contribution is -2.23. The van der Waals surface area contributed by atoms with Crippen molar-refractivity contribution in [3.8, 4) is 6.07 Å². The average Bonchev–Trinajstić information content (AvgIpc) is 2.76. The van der Waals surface area contributed by atoms with Crippen LogP contribution in [0.2, 0.25) is 0 Å². The SMILES string of the molecule is Cc1noc(C)c1C(=O)NCc1ccc(C#N)cc1. The van der Waals surface area contributed by atoms with Gasteiger partial charge in [0.1, 0.15) is 11.3 Å². The first-order valence-electron chi connectivity index (χ1n) is 5.82. The molecule has 0 radical (unpaired) electrons. The van der Waals surface area contributed by atoms with E-state index in [0.717, 1.165) is 5.56 Å². The third-order valence-corrected chi connectivity index (χ3v) is 2.80. The van der Waals surface area contributed by atoms with Crippen molar-refractivity contribution < 1.29 is 9.32 Å². The second-order valence-corrected chi connectivity index (χ2v) is 4.19. The molecule has 0 atom stereocenters. The molecular weight excluding hydrogens is 242 g/mol. The van der Waals surface area contributed by atoms with Crippen LogP contribution in [0.4, 0.5) is 0 Å². The van der Waals surface area contributed by atoms with Gasteiger partial charge in [0.2, 0.25) is 0 Å². The van der Waals surface area contributed by atoms with Crippen molar-refractivity contribution in [2.24, 2.45) is 0 Å². The number of amides is 1. The van der Waals surface area contributed by atoms with Gasteiger partial charge in [-0.3, -0.25) is 4.79 Å². The van der Waals surface area contributed by atoms with Crippen LogP contribution in [0.5, 0.6) is 0 Å². The highest BCUT2D eigenvalue weighted by Gasteiger charge is 2.16. The number of benzene rings is 1. The second kappa shape index (κ2) is 5.36. The number of carbonyl (C=O) groups is 1. The second-order valence-electron chi connectivity index (χ2n) is 4.19. The summed E-state index contributed by atoms with van der Waals surface area (Å²) < 4.78 is 4.95. The molecule has 5 heteroatoms. The molecular formula is C14H13N3O2. The van der Waals surface area contributed by atoms with Gasteiger partial charge in [0.25, 0.3) is 5.91 Å². The van der Waals surface area contributed by atoms with Gasteiger partial charge < -0.3 is 9.84 Å². The number of nitrogens with one attached hydrogen (secondary N) is 1. The zero-order valence-corrected chi connectivity index (χ0v) is 10.7. The highest BCUT2D eigenvalue weighted by molar-refractivity contribution is 5.95. The van der Waals surface area contributed by atoms with Crippen LogP contribution < -0.4 is 5.32 Å². The lowest BCUT2D eigenvalue weighted by Gasteiger charge is -2.04. The number of nitriles is 1. The maximum atomic E-state index is 12.0. The Morgan fingerprint density at radius 3 is 2.58 bits per heavy atom. The predicted octanol–water partition coefficient (Wildman–Crippen LogP) is 2.09. The Bertz CT molecular complexity index is 616. The van der Waals surface area contributed by atoms with E-state index in [1.54, 1.807) is 26.0 Å². The molecule has 1 N–H and O–H groups in total. The van der Waals surface area contributed by atoms with Crippen LogP contribution in [0.1, 0.15) is 32.9 Å². The van der Waals surface area contributed by atoms with Gasteiger partial charge in [0, 0.05) is 6.54 Å². The van der Waals surface area contributed by atoms with Crippen LogP contribution in [-0.2, 0) is 6.54 Å². The van der Waals surface area contributed by atoms with Gasteiger partial charge in [0.05, 0.1) is 17.3 Å². The van der Waals surface area contributed by atoms with Gasteiger partial charge in [-0.25, -0.2) is 0 Å². The smallest absolute Gasteiger partial charge is 0.257 e. The molecule has 1 aromatic heterocycles. The molecule has 0 fully saturated rings. The van der Waals surface area contributed by atoms with Crippen molar-refractivity contribution in [1.29, 1.82) is 5.26 Å². The Labute approximate surface area is 110 Å². The minimum absolute atomic E-state index is 0.208. The molecule has 1 aromatic carbocycles. The molecule has 0 aliphatic rings. The summed E-state index contributed by atoms with van der Waals surface area (Å²) in [5.41, 5.74) is 2.59. The highest BCUT2D eigenvalue weighted by Crippen LogP contribution is 2.12. The Kier molecular flexibility index (Phi) is 3.62. The Morgan fingerprint density at radius 2 is 2.05 bits per heavy atom. The summed E-state index contributed by atoms with van der Waals surface area (Å²) in [5.74, 6) is 0.301. The van der Waals surface area contributed by atoms with Crippen molar-refractivity contribution in [1.82, 2.24) is 10.5 Å².